The van der Waals surface area contributed by atoms with Gasteiger partial charge in [-0.3, -0.25) is 14.4 Å². The predicted octanol–water partition coefficient (Wildman–Crippen LogP) is 10.3. The Kier molecular flexibility index (Phi) is 12.9. The first-order valence-electron chi connectivity index (χ1n) is 23.4. The van der Waals surface area contributed by atoms with E-state index in [1.54, 1.807) is 39.0 Å². The number of carbonyl (C=O) groups excluding carboxylic acids is 3. The molecule has 2 aliphatic rings. The Labute approximate surface area is 419 Å². The van der Waals surface area contributed by atoms with Gasteiger partial charge in [0.25, 0.3) is 0 Å². The molecule has 9 rings (SSSR count). The van der Waals surface area contributed by atoms with E-state index in [-0.39, 0.29) is 72.8 Å². The summed E-state index contributed by atoms with van der Waals surface area (Å²) in [5.41, 5.74) is 4.61. The van der Waals surface area contributed by atoms with Crippen molar-refractivity contribution in [2.45, 2.75) is 111 Å². The van der Waals surface area contributed by atoms with Crippen LogP contribution in [0.4, 0.5) is 0 Å². The molecule has 15 heteroatoms. The fraction of sp³-hybridized carbons (Fsp3) is 0.364. The Morgan fingerprint density at radius 3 is 1.17 bits per heavy atom. The van der Waals surface area contributed by atoms with Gasteiger partial charge in [0, 0.05) is 44.8 Å². The second-order valence-electron chi connectivity index (χ2n) is 20.6. The van der Waals surface area contributed by atoms with Crippen molar-refractivity contribution in [3.63, 3.8) is 0 Å². The second-order valence-corrected chi connectivity index (χ2v) is 20.6. The molecular weight excluding hydrogens is 934 g/mol. The molecule has 0 spiro atoms. The quantitative estimate of drug-likeness (QED) is 0.0606. The van der Waals surface area contributed by atoms with Gasteiger partial charge in [-0.05, 0) is 105 Å². The van der Waals surface area contributed by atoms with Crippen LogP contribution in [0.15, 0.2) is 72.8 Å². The third-order valence-electron chi connectivity index (χ3n) is 12.8. The van der Waals surface area contributed by atoms with E-state index in [2.05, 4.69) is 105 Å². The molecule has 0 atom stereocenters. The van der Waals surface area contributed by atoms with E-state index in [9.17, 15) is 14.4 Å². The van der Waals surface area contributed by atoms with Crippen LogP contribution in [-0.2, 0) is 69.7 Å². The van der Waals surface area contributed by atoms with E-state index >= 15 is 0 Å². The van der Waals surface area contributed by atoms with Crippen molar-refractivity contribution < 1.29 is 48.1 Å². The number of benzene rings is 4. The van der Waals surface area contributed by atoms with E-state index in [1.807, 2.05) is 12.1 Å². The molecule has 5 heterocycles. The van der Waals surface area contributed by atoms with Crippen LogP contribution in [0.5, 0.6) is 0 Å². The Morgan fingerprint density at radius 2 is 0.771 bits per heavy atom. The summed E-state index contributed by atoms with van der Waals surface area (Å²) in [5, 5.41) is 3.00. The summed E-state index contributed by atoms with van der Waals surface area (Å²) in [6.45, 7) is 24.2. The smallest absolute Gasteiger partial charge is 0.466 e. The van der Waals surface area contributed by atoms with Crippen LogP contribution in [-0.4, -0.2) is 67.6 Å². The molecule has 0 radical (unpaired) electrons. The Balaban J connectivity index is 0.00000659. The summed E-state index contributed by atoms with van der Waals surface area (Å²) in [7, 11) is 0. The Morgan fingerprint density at radius 1 is 0.429 bits per heavy atom. The first-order chi connectivity index (χ1) is 32.6. The number of aromatic nitrogens is 8. The fourth-order valence-corrected chi connectivity index (χ4v) is 8.83. The van der Waals surface area contributed by atoms with Gasteiger partial charge in [0.15, 0.2) is 5.41 Å². The maximum Gasteiger partial charge on any atom is 2.00 e. The molecule has 4 aromatic carbocycles. The zero-order valence-corrected chi connectivity index (χ0v) is 45.0. The molecule has 354 valence electrons. The number of esters is 3. The minimum atomic E-state index is -2.24. The first kappa shape index (κ1) is 49.7. The van der Waals surface area contributed by atoms with Gasteiger partial charge in [-0.1, -0.05) is 111 Å². The van der Waals surface area contributed by atoms with E-state index in [1.165, 1.54) is 0 Å². The van der Waals surface area contributed by atoms with Crippen molar-refractivity contribution in [3.8, 4) is 45.6 Å². The first-order valence-corrected chi connectivity index (χ1v) is 23.4. The second kappa shape index (κ2) is 18.2. The Bertz CT molecular complexity index is 3430. The molecule has 8 bridgehead atoms. The van der Waals surface area contributed by atoms with Crippen molar-refractivity contribution >= 4 is 62.0 Å². The summed E-state index contributed by atoms with van der Waals surface area (Å²) in [5.74, 6) is -1.34. The average molecular weight is 990 g/mol. The van der Waals surface area contributed by atoms with Gasteiger partial charge in [-0.2, -0.15) is 0 Å². The maximum atomic E-state index is 14.2. The number of hydrogen-bond acceptors (Lipinski definition) is 12. The van der Waals surface area contributed by atoms with Gasteiger partial charge in [0.2, 0.25) is 0 Å². The molecule has 0 amide bonds. The number of hydrogen-bond donors (Lipinski definition) is 0. The van der Waals surface area contributed by atoms with Crippen molar-refractivity contribution in [1.29, 1.82) is 0 Å². The van der Waals surface area contributed by atoms with Gasteiger partial charge < -0.3 is 44.1 Å². The summed E-state index contributed by atoms with van der Waals surface area (Å²) >= 11 is 0. The zero-order valence-electron chi connectivity index (χ0n) is 42.0. The maximum absolute atomic E-state index is 14.2. The standard InChI is InChI=1S/C55H56N8O6.Zn/c1-13-67-41(64)28-55(50(65)68-14-2,51(66)69-15-3)32-19-23-36-40(27-32)49-62-45(36)60-47-38-25-30(53(7,8)9)17-21-34(38)43(58-47)56-42-33-20-16-29(52(4,5)6)24-37(33)46(57-42)59-44-35-22-18-31(54(10,11)12)26-39(35)48(61-44)63-49;/h16-27H,13-15,28H2,1-12H3;/q-2;+2. The normalized spacial score (nSPS) is 12.6. The van der Waals surface area contributed by atoms with Crippen LogP contribution in [0.2, 0.25) is 0 Å². The van der Waals surface area contributed by atoms with Crippen LogP contribution in [0.3, 0.4) is 0 Å². The van der Waals surface area contributed by atoms with Crippen LogP contribution in [0.25, 0.3) is 89.7 Å². The minimum Gasteiger partial charge on any atom is -0.466 e. The van der Waals surface area contributed by atoms with Crippen molar-refractivity contribution in [2.24, 2.45) is 0 Å². The monoisotopic (exact) mass is 988 g/mol. The molecule has 0 saturated carbocycles. The molecule has 2 aliphatic heterocycles. The van der Waals surface area contributed by atoms with Crippen LogP contribution in [0, 0.1) is 0 Å². The van der Waals surface area contributed by atoms with E-state index in [0.29, 0.717) is 45.4 Å². The largest absolute Gasteiger partial charge is 2.00 e. The summed E-state index contributed by atoms with van der Waals surface area (Å²) in [6.07, 6.45) is -0.674. The van der Waals surface area contributed by atoms with Gasteiger partial charge in [-0.25, -0.2) is 9.97 Å². The number of carbonyl (C=O) groups is 3. The Hall–Kier alpha value is -6.73. The number of ether oxygens (including phenoxy) is 3. The molecule has 0 unspecified atom stereocenters. The third kappa shape index (κ3) is 8.77. The summed E-state index contributed by atoms with van der Waals surface area (Å²) in [4.78, 5) is 83.1. The molecular formula is C55H56N8O6Zn. The summed E-state index contributed by atoms with van der Waals surface area (Å²) in [6, 6.07) is 23.6. The van der Waals surface area contributed by atoms with Crippen molar-refractivity contribution in [2.75, 3.05) is 19.8 Å². The molecule has 14 nitrogen and oxygen atoms in total. The van der Waals surface area contributed by atoms with Crippen molar-refractivity contribution in [1.82, 2.24) is 39.9 Å². The molecule has 0 N–H and O–H groups in total. The van der Waals surface area contributed by atoms with Crippen molar-refractivity contribution in [3.05, 3.63) is 95.1 Å². The van der Waals surface area contributed by atoms with E-state index in [0.717, 1.165) is 49.4 Å². The predicted molar refractivity (Wildman–Crippen MR) is 266 cm³/mol. The van der Waals surface area contributed by atoms with Gasteiger partial charge in [0.05, 0.1) is 49.5 Å². The van der Waals surface area contributed by atoms with Crippen LogP contribution >= 0.6 is 0 Å². The SMILES string of the molecule is CCOC(=O)CC(C(=O)OCC)(C(=O)OCC)c1ccc2c(c1)-c1nc-2nc2[n-]c(nc3nc(nc4[n-]c(n1)c1cc(C(C)(C)C)ccc41)-c1cc(C(C)(C)C)ccc1-3)c1ccc(C(C)(C)C)cc21.[Zn+2]. The number of fused-ring (bicyclic) bond motifs is 20. The number of rotatable bonds is 8. The number of nitrogens with zero attached hydrogens (tertiary/aromatic N) is 8. The zero-order chi connectivity index (χ0) is 49.4. The van der Waals surface area contributed by atoms with E-state index in [4.69, 9.17) is 54.1 Å². The van der Waals surface area contributed by atoms with Crippen LogP contribution < -0.4 is 9.97 Å². The summed E-state index contributed by atoms with van der Waals surface area (Å²) < 4.78 is 16.4. The third-order valence-corrected chi connectivity index (χ3v) is 12.8. The van der Waals surface area contributed by atoms with Gasteiger partial charge in [-0.15, -0.1) is 0 Å². The minimum absolute atomic E-state index is 0. The van der Waals surface area contributed by atoms with E-state index < -0.39 is 29.7 Å². The molecule has 0 fully saturated rings. The average Bonchev–Trinajstić information content (AvgIpc) is 4.02. The molecule has 0 aliphatic carbocycles. The molecule has 70 heavy (non-hydrogen) atoms. The van der Waals surface area contributed by atoms with Crippen LogP contribution in [0.1, 0.15) is 112 Å². The van der Waals surface area contributed by atoms with Gasteiger partial charge >= 0.3 is 37.4 Å². The molecule has 3 aromatic heterocycles. The van der Waals surface area contributed by atoms with Gasteiger partial charge in [0.1, 0.15) is 0 Å². The fourth-order valence-electron chi connectivity index (χ4n) is 8.83. The molecule has 0 saturated heterocycles. The molecule has 7 aromatic rings. The topological polar surface area (TPSA) is 184 Å².